The van der Waals surface area contributed by atoms with E-state index in [1.807, 2.05) is 42.6 Å². The summed E-state index contributed by atoms with van der Waals surface area (Å²) in [4.78, 5) is 57.4. The van der Waals surface area contributed by atoms with E-state index in [2.05, 4.69) is 20.3 Å². The number of Topliss-reactive ketones (excluding diaryl/α,β-unsaturated/α-hetero) is 2. The number of benzene rings is 1. The zero-order chi connectivity index (χ0) is 34.8. The zero-order valence-electron chi connectivity index (χ0n) is 28.0. The molecule has 5 rings (SSSR count). The lowest BCUT2D eigenvalue weighted by atomic mass is 9.89. The predicted molar refractivity (Wildman–Crippen MR) is 194 cm³/mol. The molecule has 12 heteroatoms. The van der Waals surface area contributed by atoms with Crippen LogP contribution >= 0.6 is 23.4 Å². The number of fused-ring (bicyclic) bond motifs is 3. The number of unbranched alkanes of at least 4 members (excludes halogenated alkanes) is 1. The molecule has 0 fully saturated rings. The molecule has 1 aliphatic rings. The van der Waals surface area contributed by atoms with Gasteiger partial charge in [0.1, 0.15) is 10.2 Å². The summed E-state index contributed by atoms with van der Waals surface area (Å²) in [5, 5.41) is 5.58. The number of halogens is 1. The van der Waals surface area contributed by atoms with Crippen LogP contribution < -0.4 is 16.8 Å². The van der Waals surface area contributed by atoms with Gasteiger partial charge in [-0.25, -0.2) is 9.97 Å². The molecule has 10 nitrogen and oxygen atoms in total. The molecule has 0 bridgehead atoms. The smallest absolute Gasteiger partial charge is 0.226 e. The number of nitrogens with one attached hydrogen (secondary N) is 2. The van der Waals surface area contributed by atoms with E-state index in [1.165, 1.54) is 11.8 Å². The molecule has 6 N–H and O–H groups in total. The summed E-state index contributed by atoms with van der Waals surface area (Å²) in [6, 6.07) is 12.3. The van der Waals surface area contributed by atoms with Crippen LogP contribution in [-0.4, -0.2) is 69.5 Å². The molecule has 0 unspecified atom stereocenters. The molecule has 260 valence electrons. The Labute approximate surface area is 297 Å². The van der Waals surface area contributed by atoms with Crippen molar-refractivity contribution in [2.75, 3.05) is 20.1 Å². The summed E-state index contributed by atoms with van der Waals surface area (Å²) in [5.41, 5.74) is 15.4. The summed E-state index contributed by atoms with van der Waals surface area (Å²) in [6.45, 7) is 1.36. The van der Waals surface area contributed by atoms with E-state index in [9.17, 15) is 14.4 Å². The molecular weight excluding hydrogens is 658 g/mol. The highest BCUT2D eigenvalue weighted by Crippen LogP contribution is 2.33. The number of aromatic amines is 1. The van der Waals surface area contributed by atoms with Crippen molar-refractivity contribution in [2.45, 2.75) is 86.3 Å². The molecular formula is C37H46ClN7O3S. The molecule has 1 amide bonds. The Morgan fingerprint density at radius 1 is 0.959 bits per heavy atom. The van der Waals surface area contributed by atoms with Crippen LogP contribution in [-0.2, 0) is 33.8 Å². The van der Waals surface area contributed by atoms with E-state index in [0.717, 1.165) is 43.9 Å². The number of amides is 1. The van der Waals surface area contributed by atoms with E-state index in [1.54, 1.807) is 30.4 Å². The minimum absolute atomic E-state index is 0.0425. The zero-order valence-corrected chi connectivity index (χ0v) is 29.6. The molecule has 0 saturated heterocycles. The van der Waals surface area contributed by atoms with Crippen molar-refractivity contribution >= 4 is 51.7 Å². The van der Waals surface area contributed by atoms with Gasteiger partial charge in [-0.3, -0.25) is 14.4 Å². The molecule has 1 aromatic carbocycles. The fraction of sp³-hybridized carbons (Fsp3) is 0.432. The number of hydrogen-bond donors (Lipinski definition) is 4. The molecule has 0 radical (unpaired) electrons. The van der Waals surface area contributed by atoms with Gasteiger partial charge in [-0.1, -0.05) is 54.0 Å². The standard InChI is InChI=1S/C37H46ClN7O3S/c1-45-31(18-27-22-42-29-11-3-2-10-28(27)29)32(46)14-13-24-20-35(38)44-23-34(24)49-36-26(9-7-17-41-36)21-43-30(12-6-16-40)33(47)19-25(37(45)48)8-4-5-15-39/h2-3,7,9-11,17,20,22-23,25,30-31,42-43H,4-6,8,12-16,18-19,21,39-40H2,1H3/t25-,30+,31+/m1/s1. The summed E-state index contributed by atoms with van der Waals surface area (Å²) >= 11 is 7.83. The highest BCUT2D eigenvalue weighted by Gasteiger charge is 2.34. The van der Waals surface area contributed by atoms with Gasteiger partial charge in [-0.15, -0.1) is 0 Å². The lowest BCUT2D eigenvalue weighted by Crippen LogP contribution is -2.47. The third-order valence-corrected chi connectivity index (χ3v) is 10.7. The second-order valence-corrected chi connectivity index (χ2v) is 14.1. The quantitative estimate of drug-likeness (QED) is 0.135. The first kappa shape index (κ1) is 36.7. The Kier molecular flexibility index (Phi) is 13.4. The van der Waals surface area contributed by atoms with Gasteiger partial charge in [-0.2, -0.15) is 0 Å². The number of rotatable bonds is 9. The Morgan fingerprint density at radius 2 is 1.78 bits per heavy atom. The van der Waals surface area contributed by atoms with E-state index in [0.29, 0.717) is 63.3 Å². The average Bonchev–Trinajstić information content (AvgIpc) is 3.52. The molecule has 3 atom stereocenters. The van der Waals surface area contributed by atoms with Crippen molar-refractivity contribution in [1.29, 1.82) is 0 Å². The Morgan fingerprint density at radius 3 is 2.59 bits per heavy atom. The van der Waals surface area contributed by atoms with Crippen molar-refractivity contribution in [1.82, 2.24) is 25.2 Å². The van der Waals surface area contributed by atoms with Gasteiger partial charge in [0.05, 0.1) is 12.1 Å². The molecule has 3 aromatic heterocycles. The molecule has 4 aromatic rings. The number of aromatic nitrogens is 3. The van der Waals surface area contributed by atoms with Crippen LogP contribution in [0.2, 0.25) is 5.15 Å². The number of carbonyl (C=O) groups is 3. The lowest BCUT2D eigenvalue weighted by Gasteiger charge is -2.31. The molecule has 1 aliphatic heterocycles. The first-order valence-corrected chi connectivity index (χ1v) is 18.2. The van der Waals surface area contributed by atoms with E-state index >= 15 is 0 Å². The first-order valence-electron chi connectivity index (χ1n) is 17.1. The number of H-pyrrole nitrogens is 1. The molecule has 4 heterocycles. The third kappa shape index (κ3) is 9.55. The highest BCUT2D eigenvalue weighted by atomic mass is 35.5. The predicted octanol–water partition coefficient (Wildman–Crippen LogP) is 5.25. The van der Waals surface area contributed by atoms with Crippen LogP contribution in [0.3, 0.4) is 0 Å². The topological polar surface area (TPSA) is 160 Å². The fourth-order valence-electron chi connectivity index (χ4n) is 6.50. The summed E-state index contributed by atoms with van der Waals surface area (Å²) < 4.78 is 0. The van der Waals surface area contributed by atoms with E-state index < -0.39 is 18.0 Å². The number of ketones is 2. The van der Waals surface area contributed by atoms with Gasteiger partial charge in [-0.05, 0) is 80.1 Å². The lowest BCUT2D eigenvalue weighted by molar-refractivity contribution is -0.143. The van der Waals surface area contributed by atoms with Crippen molar-refractivity contribution < 1.29 is 14.4 Å². The number of aryl methyl sites for hydroxylation is 1. The molecule has 0 saturated carbocycles. The van der Waals surface area contributed by atoms with Gasteiger partial charge < -0.3 is 26.7 Å². The van der Waals surface area contributed by atoms with E-state index in [4.69, 9.17) is 23.1 Å². The van der Waals surface area contributed by atoms with Crippen molar-refractivity contribution in [3.05, 3.63) is 82.9 Å². The van der Waals surface area contributed by atoms with Crippen LogP contribution in [0, 0.1) is 5.92 Å². The molecule has 0 spiro atoms. The van der Waals surface area contributed by atoms with Gasteiger partial charge in [0.15, 0.2) is 11.6 Å². The van der Waals surface area contributed by atoms with Gasteiger partial charge >= 0.3 is 0 Å². The number of likely N-dealkylation sites (N-methyl/N-ethyl adjacent to an activating group) is 1. The first-order chi connectivity index (χ1) is 23.8. The fourth-order valence-corrected chi connectivity index (χ4v) is 7.68. The highest BCUT2D eigenvalue weighted by molar-refractivity contribution is 7.99. The van der Waals surface area contributed by atoms with Gasteiger partial charge in [0.2, 0.25) is 5.91 Å². The van der Waals surface area contributed by atoms with Gasteiger partial charge in [0, 0.05) is 73.2 Å². The Balaban J connectivity index is 1.55. The SMILES string of the molecule is CN1C(=O)[C@H](CCCCN)CC(=O)[C@H](CCCN)NCc2cccnc2Sc2cnc(Cl)cc2CCC(=O)[C@@H]1Cc1c[nH]c2ccccc12. The maximum Gasteiger partial charge on any atom is 0.226 e. The minimum atomic E-state index is -0.739. The summed E-state index contributed by atoms with van der Waals surface area (Å²) in [7, 11) is 1.70. The summed E-state index contributed by atoms with van der Waals surface area (Å²) in [6.07, 6.45) is 9.52. The monoisotopic (exact) mass is 703 g/mol. The Bertz CT molecular complexity index is 1750. The second kappa shape index (κ2) is 17.9. The van der Waals surface area contributed by atoms with E-state index in [-0.39, 0.29) is 30.3 Å². The number of pyridine rings is 2. The largest absolute Gasteiger partial charge is 0.361 e. The van der Waals surface area contributed by atoms with Crippen LogP contribution in [0.5, 0.6) is 0 Å². The van der Waals surface area contributed by atoms with Crippen LogP contribution in [0.25, 0.3) is 10.9 Å². The number of carbonyl (C=O) groups excluding carboxylic acids is 3. The van der Waals surface area contributed by atoms with Crippen molar-refractivity contribution in [2.24, 2.45) is 17.4 Å². The third-order valence-electron chi connectivity index (χ3n) is 9.32. The second-order valence-electron chi connectivity index (χ2n) is 12.7. The maximum absolute atomic E-state index is 14.4. The number of nitrogens with two attached hydrogens (primary N) is 2. The average molecular weight is 704 g/mol. The van der Waals surface area contributed by atoms with Crippen molar-refractivity contribution in [3.63, 3.8) is 0 Å². The van der Waals surface area contributed by atoms with Crippen molar-refractivity contribution in [3.8, 4) is 0 Å². The summed E-state index contributed by atoms with van der Waals surface area (Å²) in [5.74, 6) is -0.903. The minimum Gasteiger partial charge on any atom is -0.361 e. The Hall–Kier alpha value is -3.61. The van der Waals surface area contributed by atoms with Crippen LogP contribution in [0.4, 0.5) is 0 Å². The number of para-hydroxylation sites is 1. The maximum atomic E-state index is 14.4. The normalized spacial score (nSPS) is 19.9. The van der Waals surface area contributed by atoms with Crippen LogP contribution in [0.1, 0.15) is 61.6 Å². The van der Waals surface area contributed by atoms with Crippen LogP contribution in [0.15, 0.2) is 71.0 Å². The van der Waals surface area contributed by atoms with Gasteiger partial charge in [0.25, 0.3) is 0 Å². The number of nitrogens with zero attached hydrogens (tertiary/aromatic N) is 3. The molecule has 49 heavy (non-hydrogen) atoms. The number of hydrogen-bond acceptors (Lipinski definition) is 9. The molecule has 0 aliphatic carbocycles.